The molecule has 1 fully saturated rings. The van der Waals surface area contributed by atoms with Crippen LogP contribution in [0.2, 0.25) is 0 Å². The molecule has 2 N–H and O–H groups in total. The SMILES string of the molecule is COc1ccc(C(N)Cn2ccn(C3CC3)c2=O)cc1. The van der Waals surface area contributed by atoms with Gasteiger partial charge < -0.3 is 10.5 Å². The average Bonchev–Trinajstić information content (AvgIpc) is 3.25. The first kappa shape index (κ1) is 13.0. The lowest BCUT2D eigenvalue weighted by Gasteiger charge is -2.12. The first-order chi connectivity index (χ1) is 9.69. The Kier molecular flexibility index (Phi) is 3.36. The summed E-state index contributed by atoms with van der Waals surface area (Å²) >= 11 is 0. The Morgan fingerprint density at radius 1 is 1.30 bits per heavy atom. The zero-order chi connectivity index (χ0) is 14.1. The van der Waals surface area contributed by atoms with Crippen molar-refractivity contribution in [3.63, 3.8) is 0 Å². The number of rotatable bonds is 5. The minimum atomic E-state index is -0.200. The van der Waals surface area contributed by atoms with Crippen molar-refractivity contribution in [2.24, 2.45) is 5.73 Å². The number of aromatic nitrogens is 2. The summed E-state index contributed by atoms with van der Waals surface area (Å²) in [6.45, 7) is 0.491. The second-order valence-corrected chi connectivity index (χ2v) is 5.25. The van der Waals surface area contributed by atoms with E-state index in [1.165, 1.54) is 0 Å². The molecule has 2 aromatic rings. The third kappa shape index (κ3) is 2.49. The molecule has 1 aliphatic rings. The zero-order valence-corrected chi connectivity index (χ0v) is 11.5. The minimum Gasteiger partial charge on any atom is -0.497 e. The van der Waals surface area contributed by atoms with Crippen LogP contribution in [0.5, 0.6) is 5.75 Å². The van der Waals surface area contributed by atoms with E-state index in [1.807, 2.05) is 36.7 Å². The number of benzene rings is 1. The van der Waals surface area contributed by atoms with Crippen LogP contribution in [0.25, 0.3) is 0 Å². The Labute approximate surface area is 117 Å². The summed E-state index contributed by atoms with van der Waals surface area (Å²) in [5, 5.41) is 0. The maximum absolute atomic E-state index is 12.2. The fourth-order valence-corrected chi connectivity index (χ4v) is 2.37. The smallest absolute Gasteiger partial charge is 0.328 e. The first-order valence-electron chi connectivity index (χ1n) is 6.86. The van der Waals surface area contributed by atoms with Gasteiger partial charge in [-0.3, -0.25) is 9.13 Å². The molecule has 0 bridgehead atoms. The molecule has 1 heterocycles. The summed E-state index contributed by atoms with van der Waals surface area (Å²) < 4.78 is 8.62. The van der Waals surface area contributed by atoms with Crippen LogP contribution in [0.4, 0.5) is 0 Å². The van der Waals surface area contributed by atoms with Crippen LogP contribution >= 0.6 is 0 Å². The summed E-state index contributed by atoms with van der Waals surface area (Å²) in [6.07, 6.45) is 5.90. The number of ether oxygens (including phenoxy) is 1. The van der Waals surface area contributed by atoms with Gasteiger partial charge in [-0.25, -0.2) is 4.79 Å². The molecular formula is C15H19N3O2. The van der Waals surface area contributed by atoms with Gasteiger partial charge in [-0.2, -0.15) is 0 Å². The van der Waals surface area contributed by atoms with Crippen molar-refractivity contribution in [1.82, 2.24) is 9.13 Å². The zero-order valence-electron chi connectivity index (χ0n) is 11.5. The van der Waals surface area contributed by atoms with Gasteiger partial charge in [0.1, 0.15) is 5.75 Å². The normalized spacial score (nSPS) is 16.1. The first-order valence-corrected chi connectivity index (χ1v) is 6.86. The summed E-state index contributed by atoms with van der Waals surface area (Å²) in [7, 11) is 1.63. The Balaban J connectivity index is 1.74. The van der Waals surface area contributed by atoms with Gasteiger partial charge in [0.2, 0.25) is 0 Å². The van der Waals surface area contributed by atoms with Crippen molar-refractivity contribution in [3.8, 4) is 5.75 Å². The standard InChI is InChI=1S/C15H19N3O2/c1-20-13-6-2-11(3-7-13)14(16)10-17-8-9-18(15(17)19)12-4-5-12/h2-3,6-9,12,14H,4-5,10,16H2,1H3. The van der Waals surface area contributed by atoms with E-state index in [0.29, 0.717) is 12.6 Å². The number of methoxy groups -OCH3 is 1. The van der Waals surface area contributed by atoms with E-state index in [-0.39, 0.29) is 11.7 Å². The number of hydrogen-bond acceptors (Lipinski definition) is 3. The van der Waals surface area contributed by atoms with Crippen LogP contribution in [0, 0.1) is 0 Å². The Morgan fingerprint density at radius 3 is 2.60 bits per heavy atom. The van der Waals surface area contributed by atoms with E-state index in [2.05, 4.69) is 0 Å². The fraction of sp³-hybridized carbons (Fsp3) is 0.400. The molecule has 1 aromatic carbocycles. The molecule has 0 radical (unpaired) electrons. The highest BCUT2D eigenvalue weighted by Crippen LogP contribution is 2.33. The topological polar surface area (TPSA) is 62.2 Å². The summed E-state index contributed by atoms with van der Waals surface area (Å²) in [5.74, 6) is 0.804. The number of nitrogens with zero attached hydrogens (tertiary/aromatic N) is 2. The van der Waals surface area contributed by atoms with Gasteiger partial charge in [0.15, 0.2) is 0 Å². The maximum atomic E-state index is 12.2. The highest BCUT2D eigenvalue weighted by Gasteiger charge is 2.25. The second kappa shape index (κ2) is 5.17. The Morgan fingerprint density at radius 2 is 2.00 bits per heavy atom. The quantitative estimate of drug-likeness (QED) is 0.901. The van der Waals surface area contributed by atoms with E-state index in [0.717, 1.165) is 24.2 Å². The molecule has 3 rings (SSSR count). The third-order valence-electron chi connectivity index (χ3n) is 3.75. The molecule has 0 amide bonds. The van der Waals surface area contributed by atoms with Gasteiger partial charge in [-0.05, 0) is 30.5 Å². The summed E-state index contributed by atoms with van der Waals surface area (Å²) in [6, 6.07) is 7.84. The average molecular weight is 273 g/mol. The van der Waals surface area contributed by atoms with Crippen LogP contribution in [-0.4, -0.2) is 16.2 Å². The molecule has 1 saturated carbocycles. The van der Waals surface area contributed by atoms with Crippen LogP contribution in [-0.2, 0) is 6.54 Å². The molecule has 1 unspecified atom stereocenters. The number of imidazole rings is 1. The maximum Gasteiger partial charge on any atom is 0.328 e. The van der Waals surface area contributed by atoms with E-state index in [4.69, 9.17) is 10.5 Å². The minimum absolute atomic E-state index is 0.0384. The van der Waals surface area contributed by atoms with Gasteiger partial charge in [-0.15, -0.1) is 0 Å². The molecule has 1 aromatic heterocycles. The van der Waals surface area contributed by atoms with Gasteiger partial charge >= 0.3 is 5.69 Å². The van der Waals surface area contributed by atoms with Gasteiger partial charge in [0.05, 0.1) is 7.11 Å². The van der Waals surface area contributed by atoms with E-state index < -0.39 is 0 Å². The van der Waals surface area contributed by atoms with Gasteiger partial charge in [0.25, 0.3) is 0 Å². The summed E-state index contributed by atoms with van der Waals surface area (Å²) in [4.78, 5) is 12.2. The number of nitrogens with two attached hydrogens (primary N) is 1. The lowest BCUT2D eigenvalue weighted by molar-refractivity contribution is 0.414. The molecule has 106 valence electrons. The molecule has 1 aliphatic carbocycles. The molecule has 1 atom stereocenters. The van der Waals surface area contributed by atoms with Crippen LogP contribution in [0.15, 0.2) is 41.5 Å². The largest absolute Gasteiger partial charge is 0.497 e. The molecule has 20 heavy (non-hydrogen) atoms. The molecule has 0 aliphatic heterocycles. The highest BCUT2D eigenvalue weighted by atomic mass is 16.5. The lowest BCUT2D eigenvalue weighted by Crippen LogP contribution is -2.28. The monoisotopic (exact) mass is 273 g/mol. The van der Waals surface area contributed by atoms with Crippen molar-refractivity contribution in [3.05, 3.63) is 52.7 Å². The lowest BCUT2D eigenvalue weighted by atomic mass is 10.1. The van der Waals surface area contributed by atoms with Gasteiger partial charge in [-0.1, -0.05) is 12.1 Å². The Bertz CT molecular complexity index is 638. The van der Waals surface area contributed by atoms with Crippen LogP contribution < -0.4 is 16.2 Å². The van der Waals surface area contributed by atoms with Gasteiger partial charge in [0, 0.05) is 31.0 Å². The molecule has 5 heteroatoms. The molecule has 5 nitrogen and oxygen atoms in total. The third-order valence-corrected chi connectivity index (χ3v) is 3.75. The van der Waals surface area contributed by atoms with Crippen molar-refractivity contribution in [2.45, 2.75) is 31.5 Å². The van der Waals surface area contributed by atoms with Crippen molar-refractivity contribution < 1.29 is 4.74 Å². The second-order valence-electron chi connectivity index (χ2n) is 5.25. The Hall–Kier alpha value is -2.01. The number of hydrogen-bond donors (Lipinski definition) is 1. The predicted octanol–water partition coefficient (Wildman–Crippen LogP) is 1.69. The predicted molar refractivity (Wildman–Crippen MR) is 76.9 cm³/mol. The van der Waals surface area contributed by atoms with Crippen molar-refractivity contribution in [2.75, 3.05) is 7.11 Å². The molecular weight excluding hydrogens is 254 g/mol. The van der Waals surface area contributed by atoms with E-state index in [1.54, 1.807) is 16.2 Å². The summed E-state index contributed by atoms with van der Waals surface area (Å²) in [5.41, 5.74) is 7.21. The van der Waals surface area contributed by atoms with Crippen LogP contribution in [0.1, 0.15) is 30.5 Å². The van der Waals surface area contributed by atoms with E-state index in [9.17, 15) is 4.79 Å². The van der Waals surface area contributed by atoms with Crippen molar-refractivity contribution in [1.29, 1.82) is 0 Å². The fourth-order valence-electron chi connectivity index (χ4n) is 2.37. The molecule has 0 saturated heterocycles. The molecule has 0 spiro atoms. The van der Waals surface area contributed by atoms with E-state index >= 15 is 0 Å². The highest BCUT2D eigenvalue weighted by molar-refractivity contribution is 5.28. The van der Waals surface area contributed by atoms with Crippen molar-refractivity contribution >= 4 is 0 Å². The van der Waals surface area contributed by atoms with Crippen LogP contribution in [0.3, 0.4) is 0 Å².